The summed E-state index contributed by atoms with van der Waals surface area (Å²) in [6, 6.07) is 0. The van der Waals surface area contributed by atoms with Crippen LogP contribution in [0.1, 0.15) is 58.3 Å². The molecule has 3 aliphatic rings. The van der Waals surface area contributed by atoms with E-state index >= 15 is 0 Å². The molecule has 1 heterocycles. The van der Waals surface area contributed by atoms with Gasteiger partial charge in [-0.1, -0.05) is 19.3 Å². The van der Waals surface area contributed by atoms with Crippen molar-refractivity contribution in [3.05, 3.63) is 0 Å². The fraction of sp³-hybridized carbons (Fsp3) is 0.952. The van der Waals surface area contributed by atoms with Crippen molar-refractivity contribution in [1.29, 1.82) is 0 Å². The molecular weight excluding hydrogens is 483 g/mol. The van der Waals surface area contributed by atoms with Crippen LogP contribution < -0.4 is 10.6 Å². The third-order valence-electron chi connectivity index (χ3n) is 6.97. The maximum Gasteiger partial charge on any atom is 0.191 e. The van der Waals surface area contributed by atoms with Gasteiger partial charge in [0.15, 0.2) is 5.96 Å². The van der Waals surface area contributed by atoms with E-state index in [1.165, 1.54) is 69.5 Å². The van der Waals surface area contributed by atoms with Crippen LogP contribution in [0.4, 0.5) is 0 Å². The van der Waals surface area contributed by atoms with Crippen molar-refractivity contribution >= 4 is 41.7 Å². The number of thioether (sulfide) groups is 1. The first-order valence-electron chi connectivity index (χ1n) is 11.1. The Morgan fingerprint density at radius 2 is 1.79 bits per heavy atom. The molecule has 0 spiro atoms. The Morgan fingerprint density at radius 1 is 1.07 bits per heavy atom. The van der Waals surface area contributed by atoms with Gasteiger partial charge < -0.3 is 15.4 Å². The van der Waals surface area contributed by atoms with Gasteiger partial charge in [-0.2, -0.15) is 11.8 Å². The quantitative estimate of drug-likeness (QED) is 0.274. The number of nitrogens with zero attached hydrogens (tertiary/aromatic N) is 2. The van der Waals surface area contributed by atoms with Crippen molar-refractivity contribution in [2.75, 3.05) is 57.9 Å². The molecule has 0 amide bonds. The van der Waals surface area contributed by atoms with E-state index in [9.17, 15) is 0 Å². The summed E-state index contributed by atoms with van der Waals surface area (Å²) in [5.74, 6) is 3.59. The molecule has 7 heteroatoms. The van der Waals surface area contributed by atoms with Gasteiger partial charge in [0.25, 0.3) is 0 Å². The Kier molecular flexibility index (Phi) is 10.7. The van der Waals surface area contributed by atoms with E-state index in [2.05, 4.69) is 34.2 Å². The summed E-state index contributed by atoms with van der Waals surface area (Å²) >= 11 is 2.11. The van der Waals surface area contributed by atoms with Crippen LogP contribution >= 0.6 is 35.7 Å². The van der Waals surface area contributed by atoms with Gasteiger partial charge in [-0.15, -0.1) is 24.0 Å². The molecular formula is C21H41IN4OS. The second-order valence-electron chi connectivity index (χ2n) is 8.68. The van der Waals surface area contributed by atoms with Crippen molar-refractivity contribution < 1.29 is 4.74 Å². The molecule has 0 atom stereocenters. The van der Waals surface area contributed by atoms with Crippen LogP contribution in [0.3, 0.4) is 0 Å². The van der Waals surface area contributed by atoms with Crippen molar-refractivity contribution in [1.82, 2.24) is 15.5 Å². The topological polar surface area (TPSA) is 48.9 Å². The first-order chi connectivity index (χ1) is 13.2. The Morgan fingerprint density at radius 3 is 2.36 bits per heavy atom. The van der Waals surface area contributed by atoms with Gasteiger partial charge in [-0.05, 0) is 44.4 Å². The molecule has 0 bridgehead atoms. The molecule has 28 heavy (non-hydrogen) atoms. The van der Waals surface area contributed by atoms with E-state index < -0.39 is 0 Å². The van der Waals surface area contributed by atoms with Gasteiger partial charge in [0.1, 0.15) is 0 Å². The molecule has 2 N–H and O–H groups in total. The summed E-state index contributed by atoms with van der Waals surface area (Å²) in [6.45, 7) is 8.40. The summed E-state index contributed by atoms with van der Waals surface area (Å²) < 4.78 is 5.34. The van der Waals surface area contributed by atoms with Crippen molar-refractivity contribution in [2.24, 2.45) is 10.4 Å². The monoisotopic (exact) mass is 524 g/mol. The highest BCUT2D eigenvalue weighted by atomic mass is 127. The molecule has 3 rings (SSSR count). The Labute approximate surface area is 193 Å². The third kappa shape index (κ3) is 6.38. The maximum absolute atomic E-state index is 5.34. The molecule has 0 unspecified atom stereocenters. The average Bonchev–Trinajstić information content (AvgIpc) is 3.16. The minimum Gasteiger partial charge on any atom is -0.385 e. The normalized spacial score (nSPS) is 24.3. The van der Waals surface area contributed by atoms with Crippen LogP contribution in [0, 0.1) is 5.41 Å². The predicted molar refractivity (Wildman–Crippen MR) is 132 cm³/mol. The van der Waals surface area contributed by atoms with Gasteiger partial charge in [0.2, 0.25) is 0 Å². The Bertz CT molecular complexity index is 475. The Balaban J connectivity index is 0.00000280. The highest BCUT2D eigenvalue weighted by molar-refractivity contribution is 14.0. The predicted octanol–water partition coefficient (Wildman–Crippen LogP) is 3.73. The molecule has 0 radical (unpaired) electrons. The lowest BCUT2D eigenvalue weighted by Gasteiger charge is -2.44. The zero-order valence-corrected chi connectivity index (χ0v) is 21.1. The summed E-state index contributed by atoms with van der Waals surface area (Å²) in [5.41, 5.74) is 0.731. The lowest BCUT2D eigenvalue weighted by atomic mass is 9.67. The second-order valence-corrected chi connectivity index (χ2v) is 9.90. The second kappa shape index (κ2) is 12.2. The largest absolute Gasteiger partial charge is 0.385 e. The summed E-state index contributed by atoms with van der Waals surface area (Å²) in [4.78, 5) is 7.79. The molecule has 0 aromatic carbocycles. The minimum absolute atomic E-state index is 0. The van der Waals surface area contributed by atoms with Crippen LogP contribution in [-0.2, 0) is 4.74 Å². The number of aliphatic imine (C=N–C) groups is 1. The van der Waals surface area contributed by atoms with Crippen molar-refractivity contribution in [2.45, 2.75) is 63.8 Å². The molecule has 5 nitrogen and oxygen atoms in total. The molecule has 1 aliphatic heterocycles. The molecule has 1 saturated heterocycles. The third-order valence-corrected chi connectivity index (χ3v) is 7.91. The number of hydrogen-bond acceptors (Lipinski definition) is 4. The van der Waals surface area contributed by atoms with Crippen LogP contribution in [0.25, 0.3) is 0 Å². The number of halogens is 1. The lowest BCUT2D eigenvalue weighted by molar-refractivity contribution is 0.0777. The fourth-order valence-electron chi connectivity index (χ4n) is 4.99. The smallest absolute Gasteiger partial charge is 0.191 e. The first kappa shape index (κ1) is 24.5. The number of guanidine groups is 1. The number of methoxy groups -OCH3 is 1. The SMILES string of the molecule is CCNC(=NCC1(CCOC)CCC1)NCC1(N2CCSCC2)CCCC1.I. The van der Waals surface area contributed by atoms with Crippen LogP contribution in [0.15, 0.2) is 4.99 Å². The van der Waals surface area contributed by atoms with E-state index in [4.69, 9.17) is 9.73 Å². The summed E-state index contributed by atoms with van der Waals surface area (Å²) in [7, 11) is 1.81. The standard InChI is InChI=1S/C21H40N4OS.HI/c1-3-22-19(23-17-20(7-6-8-20)11-14-26-2)24-18-21(9-4-5-10-21)25-12-15-27-16-13-25;/h3-18H2,1-2H3,(H2,22,23,24);1H. The lowest BCUT2D eigenvalue weighted by Crippen LogP contribution is -2.57. The zero-order valence-electron chi connectivity index (χ0n) is 17.9. The van der Waals surface area contributed by atoms with Gasteiger partial charge in [0.05, 0.1) is 0 Å². The molecule has 164 valence electrons. The van der Waals surface area contributed by atoms with Gasteiger partial charge >= 0.3 is 0 Å². The average molecular weight is 525 g/mol. The summed E-state index contributed by atoms with van der Waals surface area (Å²) in [5, 5.41) is 7.23. The fourth-order valence-corrected chi connectivity index (χ4v) is 5.90. The zero-order chi connectivity index (χ0) is 19.0. The van der Waals surface area contributed by atoms with E-state index in [0.717, 1.165) is 38.6 Å². The van der Waals surface area contributed by atoms with E-state index in [0.29, 0.717) is 11.0 Å². The minimum atomic E-state index is 0. The first-order valence-corrected chi connectivity index (χ1v) is 12.2. The summed E-state index contributed by atoms with van der Waals surface area (Å²) in [6.07, 6.45) is 10.5. The van der Waals surface area contributed by atoms with Crippen molar-refractivity contribution in [3.8, 4) is 0 Å². The molecule has 0 aromatic heterocycles. The molecule has 0 aromatic rings. The van der Waals surface area contributed by atoms with Gasteiger partial charge in [0, 0.05) is 63.5 Å². The maximum atomic E-state index is 5.34. The van der Waals surface area contributed by atoms with Crippen LogP contribution in [0.2, 0.25) is 0 Å². The highest BCUT2D eigenvalue weighted by Crippen LogP contribution is 2.44. The van der Waals surface area contributed by atoms with Crippen LogP contribution in [0.5, 0.6) is 0 Å². The van der Waals surface area contributed by atoms with E-state index in [1.54, 1.807) is 7.11 Å². The van der Waals surface area contributed by atoms with Gasteiger partial charge in [-0.3, -0.25) is 9.89 Å². The number of rotatable bonds is 9. The van der Waals surface area contributed by atoms with Crippen molar-refractivity contribution in [3.63, 3.8) is 0 Å². The number of ether oxygens (including phenoxy) is 1. The Hall–Kier alpha value is 0.270. The van der Waals surface area contributed by atoms with E-state index in [1.807, 2.05) is 0 Å². The van der Waals surface area contributed by atoms with Crippen LogP contribution in [-0.4, -0.2) is 74.3 Å². The highest BCUT2D eigenvalue weighted by Gasteiger charge is 2.40. The van der Waals surface area contributed by atoms with Gasteiger partial charge in [-0.25, -0.2) is 0 Å². The number of nitrogens with one attached hydrogen (secondary N) is 2. The van der Waals surface area contributed by atoms with E-state index in [-0.39, 0.29) is 24.0 Å². The molecule has 2 aliphatic carbocycles. The number of hydrogen-bond donors (Lipinski definition) is 2. The molecule has 3 fully saturated rings. The molecule has 2 saturated carbocycles.